The first-order valence-electron chi connectivity index (χ1n) is 8.20. The largest absolute Gasteiger partial charge is 0.387 e. The van der Waals surface area contributed by atoms with E-state index in [0.29, 0.717) is 6.54 Å². The maximum Gasteiger partial charge on any atom is 0.205 e. The van der Waals surface area contributed by atoms with E-state index in [0.717, 1.165) is 49.1 Å². The van der Waals surface area contributed by atoms with Crippen molar-refractivity contribution >= 4 is 16.7 Å². The number of hydrogen-bond acceptors (Lipinski definition) is 6. The lowest BCUT2D eigenvalue weighted by molar-refractivity contribution is 0.109. The maximum absolute atomic E-state index is 10.4. The molecule has 1 N–H and O–H groups in total. The Hall–Kier alpha value is -1.50. The molecule has 0 amide bonds. The Morgan fingerprint density at radius 3 is 2.48 bits per heavy atom. The summed E-state index contributed by atoms with van der Waals surface area (Å²) in [6.07, 6.45) is 0.467. The number of hydrogen-bond donors (Lipinski definition) is 1. The molecule has 0 aliphatic carbocycles. The van der Waals surface area contributed by atoms with Crippen LogP contribution in [0.25, 0.3) is 0 Å². The second-order valence-electron chi connectivity index (χ2n) is 6.06. The second kappa shape index (κ2) is 7.38. The van der Waals surface area contributed by atoms with Crippen LogP contribution < -0.4 is 4.90 Å². The van der Waals surface area contributed by atoms with E-state index in [2.05, 4.69) is 45.1 Å². The van der Waals surface area contributed by atoms with Crippen molar-refractivity contribution in [3.63, 3.8) is 0 Å². The number of aromatic nitrogens is 2. The Kier molecular flexibility index (Phi) is 5.25. The zero-order valence-corrected chi connectivity index (χ0v) is 14.6. The van der Waals surface area contributed by atoms with Gasteiger partial charge in [-0.1, -0.05) is 36.8 Å². The smallest absolute Gasteiger partial charge is 0.205 e. The third-order valence-electron chi connectivity index (χ3n) is 4.31. The first-order chi connectivity index (χ1) is 11.2. The minimum Gasteiger partial charge on any atom is -0.387 e. The highest BCUT2D eigenvalue weighted by atomic mass is 32.1. The molecule has 1 aliphatic heterocycles. The highest BCUT2D eigenvalue weighted by Gasteiger charge is 2.22. The van der Waals surface area contributed by atoms with E-state index in [9.17, 15) is 5.11 Å². The van der Waals surface area contributed by atoms with Crippen LogP contribution in [0, 0.1) is 6.92 Å². The van der Waals surface area contributed by atoms with Crippen LogP contribution in [0.5, 0.6) is 0 Å². The molecule has 1 aromatic carbocycles. The molecule has 1 aromatic heterocycles. The molecule has 0 spiro atoms. The maximum atomic E-state index is 10.4. The average molecular weight is 332 g/mol. The van der Waals surface area contributed by atoms with Crippen molar-refractivity contribution in [3.8, 4) is 0 Å². The van der Waals surface area contributed by atoms with Gasteiger partial charge in [0.15, 0.2) is 0 Å². The van der Waals surface area contributed by atoms with Crippen LogP contribution in [0.15, 0.2) is 24.3 Å². The van der Waals surface area contributed by atoms with Gasteiger partial charge in [0.1, 0.15) is 5.82 Å². The Balaban J connectivity index is 1.51. The molecule has 1 unspecified atom stereocenters. The molecule has 5 nitrogen and oxygen atoms in total. The van der Waals surface area contributed by atoms with E-state index in [-0.39, 0.29) is 0 Å². The van der Waals surface area contributed by atoms with Gasteiger partial charge < -0.3 is 10.0 Å². The molecule has 0 saturated carbocycles. The van der Waals surface area contributed by atoms with Crippen LogP contribution in [0.4, 0.5) is 5.13 Å². The molecule has 2 aromatic rings. The van der Waals surface area contributed by atoms with Gasteiger partial charge in [-0.3, -0.25) is 4.90 Å². The molecular formula is C17H24N4OS. The molecule has 1 aliphatic rings. The number of benzene rings is 1. The molecule has 0 bridgehead atoms. The van der Waals surface area contributed by atoms with Crippen molar-refractivity contribution in [3.05, 3.63) is 41.2 Å². The number of rotatable bonds is 5. The van der Waals surface area contributed by atoms with Crippen molar-refractivity contribution in [2.75, 3.05) is 37.6 Å². The first kappa shape index (κ1) is 16.4. The van der Waals surface area contributed by atoms with Crippen LogP contribution in [-0.4, -0.2) is 52.1 Å². The fraction of sp³-hybridized carbons (Fsp3) is 0.529. The number of β-amino-alcohol motifs (C(OH)–C–C–N with tert-alkyl or cyclic N) is 1. The van der Waals surface area contributed by atoms with Gasteiger partial charge in [-0.2, -0.15) is 4.37 Å². The number of aryl methyl sites for hydroxylation is 2. The molecular weight excluding hydrogens is 308 g/mol. The minimum absolute atomic E-state index is 0.421. The predicted molar refractivity (Wildman–Crippen MR) is 94.1 cm³/mol. The van der Waals surface area contributed by atoms with Gasteiger partial charge >= 0.3 is 0 Å². The molecule has 23 heavy (non-hydrogen) atoms. The minimum atomic E-state index is -0.421. The molecule has 0 radical (unpaired) electrons. The Morgan fingerprint density at radius 2 is 1.87 bits per heavy atom. The van der Waals surface area contributed by atoms with Crippen molar-refractivity contribution in [2.45, 2.75) is 26.4 Å². The van der Waals surface area contributed by atoms with Crippen LogP contribution in [0.2, 0.25) is 0 Å². The number of piperazine rings is 1. The molecule has 1 saturated heterocycles. The quantitative estimate of drug-likeness (QED) is 0.910. The average Bonchev–Trinajstić information content (AvgIpc) is 3.05. The van der Waals surface area contributed by atoms with Crippen molar-refractivity contribution in [2.24, 2.45) is 0 Å². The van der Waals surface area contributed by atoms with Crippen LogP contribution in [0.3, 0.4) is 0 Å². The third kappa shape index (κ3) is 4.07. The summed E-state index contributed by atoms with van der Waals surface area (Å²) in [5, 5.41) is 11.4. The second-order valence-corrected chi connectivity index (χ2v) is 6.79. The zero-order chi connectivity index (χ0) is 16.2. The van der Waals surface area contributed by atoms with E-state index in [4.69, 9.17) is 0 Å². The van der Waals surface area contributed by atoms with E-state index >= 15 is 0 Å². The fourth-order valence-electron chi connectivity index (χ4n) is 2.78. The van der Waals surface area contributed by atoms with Gasteiger partial charge in [0, 0.05) is 50.7 Å². The summed E-state index contributed by atoms with van der Waals surface area (Å²) in [4.78, 5) is 9.18. The van der Waals surface area contributed by atoms with Crippen molar-refractivity contribution < 1.29 is 5.11 Å². The van der Waals surface area contributed by atoms with Gasteiger partial charge in [0.05, 0.1) is 6.10 Å². The van der Waals surface area contributed by atoms with E-state index < -0.39 is 6.10 Å². The lowest BCUT2D eigenvalue weighted by atomic mass is 10.1. The van der Waals surface area contributed by atoms with E-state index in [1.807, 2.05) is 12.1 Å². The number of aliphatic hydroxyl groups excluding tert-OH is 1. The van der Waals surface area contributed by atoms with Gasteiger partial charge in [-0.25, -0.2) is 4.98 Å². The standard InChI is InChI=1S/C17H24N4OS/c1-3-16-18-17(23-19-16)21-10-8-20(9-11-21)12-15(22)14-6-4-13(2)5-7-14/h4-7,15,22H,3,8-12H2,1-2H3. The molecule has 1 fully saturated rings. The Morgan fingerprint density at radius 1 is 1.17 bits per heavy atom. The molecule has 124 valence electrons. The zero-order valence-electron chi connectivity index (χ0n) is 13.8. The lowest BCUT2D eigenvalue weighted by Crippen LogP contribution is -2.47. The first-order valence-corrected chi connectivity index (χ1v) is 8.97. The summed E-state index contributed by atoms with van der Waals surface area (Å²) in [6, 6.07) is 8.14. The van der Waals surface area contributed by atoms with Crippen LogP contribution in [-0.2, 0) is 6.42 Å². The summed E-state index contributed by atoms with van der Waals surface area (Å²) in [5.74, 6) is 0.933. The van der Waals surface area contributed by atoms with Gasteiger partial charge in [-0.15, -0.1) is 0 Å². The molecule has 2 heterocycles. The predicted octanol–water partition coefficient (Wildman–Crippen LogP) is 2.26. The normalized spacial score (nSPS) is 17.4. The Labute approximate surface area is 141 Å². The topological polar surface area (TPSA) is 52.5 Å². The summed E-state index contributed by atoms with van der Waals surface area (Å²) in [6.45, 7) is 8.61. The van der Waals surface area contributed by atoms with Crippen LogP contribution >= 0.6 is 11.5 Å². The highest BCUT2D eigenvalue weighted by Crippen LogP contribution is 2.21. The summed E-state index contributed by atoms with van der Waals surface area (Å²) in [5.41, 5.74) is 2.22. The van der Waals surface area contributed by atoms with Crippen molar-refractivity contribution in [1.82, 2.24) is 14.3 Å². The highest BCUT2D eigenvalue weighted by molar-refractivity contribution is 7.09. The SMILES string of the molecule is CCc1nsc(N2CCN(CC(O)c3ccc(C)cc3)CC2)n1. The van der Waals surface area contributed by atoms with Gasteiger partial charge in [-0.05, 0) is 12.5 Å². The molecule has 6 heteroatoms. The number of nitrogens with zero attached hydrogens (tertiary/aromatic N) is 4. The number of aliphatic hydroxyl groups is 1. The van der Waals surface area contributed by atoms with E-state index in [1.165, 1.54) is 17.1 Å². The summed E-state index contributed by atoms with van der Waals surface area (Å²) < 4.78 is 4.36. The summed E-state index contributed by atoms with van der Waals surface area (Å²) in [7, 11) is 0. The number of anilines is 1. The third-order valence-corrected chi connectivity index (χ3v) is 5.12. The van der Waals surface area contributed by atoms with Gasteiger partial charge in [0.25, 0.3) is 0 Å². The molecule has 3 rings (SSSR count). The monoisotopic (exact) mass is 332 g/mol. The summed E-state index contributed by atoms with van der Waals surface area (Å²) >= 11 is 1.49. The Bertz CT molecular complexity index is 620. The lowest BCUT2D eigenvalue weighted by Gasteiger charge is -2.35. The van der Waals surface area contributed by atoms with Crippen molar-refractivity contribution in [1.29, 1.82) is 0 Å². The van der Waals surface area contributed by atoms with Crippen LogP contribution in [0.1, 0.15) is 30.0 Å². The molecule has 1 atom stereocenters. The van der Waals surface area contributed by atoms with E-state index in [1.54, 1.807) is 0 Å². The fourth-order valence-corrected chi connectivity index (χ4v) is 3.58. The van der Waals surface area contributed by atoms with Gasteiger partial charge in [0.2, 0.25) is 5.13 Å².